The van der Waals surface area contributed by atoms with Crippen molar-refractivity contribution >= 4 is 29.0 Å². The van der Waals surface area contributed by atoms with Gasteiger partial charge in [0.15, 0.2) is 0 Å². The molecule has 0 saturated heterocycles. The Labute approximate surface area is 128 Å². The highest BCUT2D eigenvalue weighted by atomic mass is 32.1. The largest absolute Gasteiger partial charge is 0.368 e. The second-order valence-electron chi connectivity index (χ2n) is 4.41. The van der Waals surface area contributed by atoms with E-state index < -0.39 is 0 Å². The first-order chi connectivity index (χ1) is 10.2. The van der Waals surface area contributed by atoms with Crippen LogP contribution in [0.3, 0.4) is 0 Å². The molecule has 0 aromatic carbocycles. The van der Waals surface area contributed by atoms with Crippen molar-refractivity contribution in [3.63, 3.8) is 0 Å². The number of aryl methyl sites for hydroxylation is 1. The van der Waals surface area contributed by atoms with Gasteiger partial charge in [0.2, 0.25) is 5.95 Å². The van der Waals surface area contributed by atoms with Gasteiger partial charge in [0.05, 0.1) is 4.88 Å². The van der Waals surface area contributed by atoms with Gasteiger partial charge < -0.3 is 16.0 Å². The standard InChI is InChI=1S/C14H19N5OS/c1-3-15-14-18-10(2)9-12(19-14)16-6-7-17-13(20)11-5-4-8-21-11/h4-5,8-9H,3,6-7H2,1-2H3,(H,17,20)(H2,15,16,18,19). The van der Waals surface area contributed by atoms with Crippen LogP contribution >= 0.6 is 11.3 Å². The topological polar surface area (TPSA) is 78.9 Å². The minimum Gasteiger partial charge on any atom is -0.368 e. The van der Waals surface area contributed by atoms with Crippen LogP contribution in [0.2, 0.25) is 0 Å². The SMILES string of the molecule is CCNc1nc(C)cc(NCCNC(=O)c2cccs2)n1. The fourth-order valence-corrected chi connectivity index (χ4v) is 2.40. The number of carbonyl (C=O) groups is 1. The minimum absolute atomic E-state index is 0.0426. The predicted octanol–water partition coefficient (Wildman–Crippen LogP) is 2.12. The summed E-state index contributed by atoms with van der Waals surface area (Å²) < 4.78 is 0. The van der Waals surface area contributed by atoms with E-state index in [0.717, 1.165) is 22.9 Å². The number of aromatic nitrogens is 2. The molecule has 3 N–H and O–H groups in total. The van der Waals surface area contributed by atoms with Gasteiger partial charge in [-0.3, -0.25) is 4.79 Å². The fourth-order valence-electron chi connectivity index (χ4n) is 1.76. The van der Waals surface area contributed by atoms with E-state index in [1.807, 2.05) is 37.4 Å². The molecule has 1 amide bonds. The van der Waals surface area contributed by atoms with E-state index in [0.29, 0.717) is 19.0 Å². The summed E-state index contributed by atoms with van der Waals surface area (Å²) in [7, 11) is 0. The zero-order valence-electron chi connectivity index (χ0n) is 12.1. The fraction of sp³-hybridized carbons (Fsp3) is 0.357. The van der Waals surface area contributed by atoms with Crippen LogP contribution in [0.15, 0.2) is 23.6 Å². The number of hydrogen-bond acceptors (Lipinski definition) is 6. The number of anilines is 2. The molecule has 2 aromatic rings. The van der Waals surface area contributed by atoms with Crippen molar-refractivity contribution in [2.75, 3.05) is 30.3 Å². The molecule has 21 heavy (non-hydrogen) atoms. The Morgan fingerprint density at radius 2 is 2.14 bits per heavy atom. The molecule has 2 rings (SSSR count). The number of amides is 1. The second kappa shape index (κ2) is 7.58. The van der Waals surface area contributed by atoms with Gasteiger partial charge in [-0.25, -0.2) is 4.98 Å². The van der Waals surface area contributed by atoms with Gasteiger partial charge in [0.1, 0.15) is 5.82 Å². The zero-order valence-corrected chi connectivity index (χ0v) is 13.0. The molecule has 2 aromatic heterocycles. The molecule has 0 aliphatic rings. The lowest BCUT2D eigenvalue weighted by atomic mass is 10.4. The Bertz CT molecular complexity index is 585. The van der Waals surface area contributed by atoms with Crippen LogP contribution in [0.1, 0.15) is 22.3 Å². The van der Waals surface area contributed by atoms with E-state index in [-0.39, 0.29) is 5.91 Å². The van der Waals surface area contributed by atoms with Crippen LogP contribution in [0.5, 0.6) is 0 Å². The summed E-state index contributed by atoms with van der Waals surface area (Å²) in [4.78, 5) is 21.1. The molecule has 0 saturated carbocycles. The molecule has 112 valence electrons. The van der Waals surface area contributed by atoms with E-state index in [9.17, 15) is 4.79 Å². The summed E-state index contributed by atoms with van der Waals surface area (Å²) in [6.45, 7) is 5.85. The molecule has 0 bridgehead atoms. The lowest BCUT2D eigenvalue weighted by Gasteiger charge is -2.09. The summed E-state index contributed by atoms with van der Waals surface area (Å²) in [6, 6.07) is 5.55. The van der Waals surface area contributed by atoms with Gasteiger partial charge in [-0.1, -0.05) is 6.07 Å². The van der Waals surface area contributed by atoms with E-state index in [4.69, 9.17) is 0 Å². The monoisotopic (exact) mass is 305 g/mol. The number of nitrogens with one attached hydrogen (secondary N) is 3. The van der Waals surface area contributed by atoms with Gasteiger partial charge in [-0.15, -0.1) is 11.3 Å². The Hall–Kier alpha value is -2.15. The van der Waals surface area contributed by atoms with Gasteiger partial charge in [-0.05, 0) is 25.3 Å². The third-order valence-corrected chi connectivity index (χ3v) is 3.52. The maximum absolute atomic E-state index is 11.7. The van der Waals surface area contributed by atoms with Crippen LogP contribution in [0.25, 0.3) is 0 Å². The highest BCUT2D eigenvalue weighted by molar-refractivity contribution is 7.12. The van der Waals surface area contributed by atoms with Crippen LogP contribution in [0.4, 0.5) is 11.8 Å². The minimum atomic E-state index is -0.0426. The third kappa shape index (κ3) is 4.71. The maximum Gasteiger partial charge on any atom is 0.261 e. The first-order valence-corrected chi connectivity index (χ1v) is 7.72. The number of rotatable bonds is 7. The van der Waals surface area contributed by atoms with Crippen LogP contribution < -0.4 is 16.0 Å². The molecule has 6 nitrogen and oxygen atoms in total. The Morgan fingerprint density at radius 3 is 2.86 bits per heavy atom. The lowest BCUT2D eigenvalue weighted by Crippen LogP contribution is -2.28. The molecule has 0 atom stereocenters. The van der Waals surface area contributed by atoms with Crippen molar-refractivity contribution in [1.82, 2.24) is 15.3 Å². The Morgan fingerprint density at radius 1 is 1.29 bits per heavy atom. The number of carbonyl (C=O) groups excluding carboxylic acids is 1. The smallest absolute Gasteiger partial charge is 0.261 e. The molecule has 0 radical (unpaired) electrons. The van der Waals surface area contributed by atoms with Gasteiger partial charge in [0.25, 0.3) is 5.91 Å². The van der Waals surface area contributed by atoms with Gasteiger partial charge >= 0.3 is 0 Å². The Kier molecular flexibility index (Phi) is 5.51. The summed E-state index contributed by atoms with van der Waals surface area (Å²) in [5, 5.41) is 11.0. The molecule has 0 aliphatic heterocycles. The van der Waals surface area contributed by atoms with E-state index >= 15 is 0 Å². The van der Waals surface area contributed by atoms with Crippen molar-refractivity contribution in [2.45, 2.75) is 13.8 Å². The predicted molar refractivity (Wildman–Crippen MR) is 86.1 cm³/mol. The third-order valence-electron chi connectivity index (χ3n) is 2.65. The highest BCUT2D eigenvalue weighted by Gasteiger charge is 2.05. The van der Waals surface area contributed by atoms with Crippen molar-refractivity contribution in [2.24, 2.45) is 0 Å². The van der Waals surface area contributed by atoms with Crippen LogP contribution in [0, 0.1) is 6.92 Å². The maximum atomic E-state index is 11.7. The van der Waals surface area contributed by atoms with Crippen LogP contribution in [-0.2, 0) is 0 Å². The van der Waals surface area contributed by atoms with Crippen LogP contribution in [-0.4, -0.2) is 35.5 Å². The summed E-state index contributed by atoms with van der Waals surface area (Å²) in [6.07, 6.45) is 0. The summed E-state index contributed by atoms with van der Waals surface area (Å²) in [5.41, 5.74) is 0.895. The first-order valence-electron chi connectivity index (χ1n) is 6.84. The van der Waals surface area contributed by atoms with E-state index in [2.05, 4.69) is 25.9 Å². The molecule has 2 heterocycles. The highest BCUT2D eigenvalue weighted by Crippen LogP contribution is 2.09. The van der Waals surface area contributed by atoms with E-state index in [1.165, 1.54) is 11.3 Å². The Balaban J connectivity index is 1.79. The van der Waals surface area contributed by atoms with Crippen molar-refractivity contribution in [3.05, 3.63) is 34.2 Å². The van der Waals surface area contributed by atoms with Crippen molar-refractivity contribution < 1.29 is 4.79 Å². The quantitative estimate of drug-likeness (QED) is 0.683. The molecule has 0 unspecified atom stereocenters. The average Bonchev–Trinajstić information content (AvgIpc) is 2.97. The summed E-state index contributed by atoms with van der Waals surface area (Å²) >= 11 is 1.43. The molecule has 0 spiro atoms. The molecule has 0 fully saturated rings. The second-order valence-corrected chi connectivity index (χ2v) is 5.36. The molecular formula is C14H19N5OS. The average molecular weight is 305 g/mol. The number of hydrogen-bond donors (Lipinski definition) is 3. The van der Waals surface area contributed by atoms with Gasteiger partial charge in [0, 0.05) is 31.4 Å². The molecular weight excluding hydrogens is 286 g/mol. The van der Waals surface area contributed by atoms with Crippen molar-refractivity contribution in [1.29, 1.82) is 0 Å². The summed E-state index contributed by atoms with van der Waals surface area (Å²) in [5.74, 6) is 1.32. The number of nitrogens with zero attached hydrogens (tertiary/aromatic N) is 2. The van der Waals surface area contributed by atoms with Gasteiger partial charge in [-0.2, -0.15) is 4.98 Å². The first kappa shape index (κ1) is 15.2. The number of thiophene rings is 1. The lowest BCUT2D eigenvalue weighted by molar-refractivity contribution is 0.0959. The molecule has 0 aliphatic carbocycles. The van der Waals surface area contributed by atoms with E-state index in [1.54, 1.807) is 0 Å². The zero-order chi connectivity index (χ0) is 15.1. The normalized spacial score (nSPS) is 10.2. The van der Waals surface area contributed by atoms with Crippen molar-refractivity contribution in [3.8, 4) is 0 Å². The molecule has 7 heteroatoms.